The fourth-order valence-electron chi connectivity index (χ4n) is 4.66. The molecule has 0 atom stereocenters. The summed E-state index contributed by atoms with van der Waals surface area (Å²) in [6.45, 7) is 13.4. The molecule has 4 aromatic rings. The SMILES string of the molecule is CC(=Nc1c(F)c(F)c(F)c(F)c1F)c1cccc(C(C)(C)C)c1[O-].CC(=Nc1c(F)c(F)c(F)c(F)c1F)c1cccc(C(C)(C)C)c1[O-].[Cl-].[Cl-].[Ti+4]. The summed E-state index contributed by atoms with van der Waals surface area (Å²) in [5.74, 6) is -21.9. The molecule has 0 unspecified atom stereocenters. The first-order chi connectivity index (χ1) is 22.9. The zero-order chi connectivity index (χ0) is 38.2. The van der Waals surface area contributed by atoms with E-state index in [1.54, 1.807) is 24.3 Å². The molecule has 0 saturated heterocycles. The van der Waals surface area contributed by atoms with Gasteiger partial charge in [0.25, 0.3) is 0 Å². The predicted octanol–water partition coefficient (Wildman–Crippen LogP) is 3.79. The first kappa shape index (κ1) is 49.4. The third-order valence-corrected chi connectivity index (χ3v) is 7.36. The van der Waals surface area contributed by atoms with Crippen molar-refractivity contribution in [3.63, 3.8) is 0 Å². The minimum absolute atomic E-state index is 0. The van der Waals surface area contributed by atoms with Crippen molar-refractivity contribution in [3.05, 3.63) is 117 Å². The normalized spacial score (nSPS) is 11.9. The van der Waals surface area contributed by atoms with E-state index in [1.807, 2.05) is 41.5 Å². The molecule has 0 amide bonds. The van der Waals surface area contributed by atoms with Gasteiger partial charge in [-0.3, -0.25) is 0 Å². The van der Waals surface area contributed by atoms with Crippen molar-refractivity contribution < 1.29 is 101 Å². The molecular formula is C36H30Cl2F10N2O2Ti. The van der Waals surface area contributed by atoms with Gasteiger partial charge in [-0.25, -0.2) is 53.9 Å². The van der Waals surface area contributed by atoms with Crippen molar-refractivity contribution in [1.82, 2.24) is 0 Å². The summed E-state index contributed by atoms with van der Waals surface area (Å²) in [5, 5.41) is 25.1. The molecule has 0 fully saturated rings. The predicted molar refractivity (Wildman–Crippen MR) is 165 cm³/mol. The zero-order valence-corrected chi connectivity index (χ0v) is 32.3. The van der Waals surface area contributed by atoms with E-state index in [2.05, 4.69) is 9.98 Å². The van der Waals surface area contributed by atoms with Crippen molar-refractivity contribution >= 4 is 22.8 Å². The molecule has 17 heteroatoms. The van der Waals surface area contributed by atoms with Gasteiger partial charge in [-0.2, -0.15) is 0 Å². The largest absolute Gasteiger partial charge is 4.00 e. The Morgan fingerprint density at radius 2 is 0.679 bits per heavy atom. The molecule has 0 spiro atoms. The summed E-state index contributed by atoms with van der Waals surface area (Å²) in [4.78, 5) is 6.99. The molecule has 0 bridgehead atoms. The maximum absolute atomic E-state index is 13.7. The summed E-state index contributed by atoms with van der Waals surface area (Å²) in [6.07, 6.45) is 0. The Morgan fingerprint density at radius 1 is 0.453 bits per heavy atom. The van der Waals surface area contributed by atoms with E-state index in [4.69, 9.17) is 0 Å². The van der Waals surface area contributed by atoms with Crippen LogP contribution in [-0.4, -0.2) is 11.4 Å². The molecular weight excluding hydrogens is 801 g/mol. The van der Waals surface area contributed by atoms with Gasteiger partial charge in [0.05, 0.1) is 0 Å². The van der Waals surface area contributed by atoms with Crippen LogP contribution in [0.25, 0.3) is 0 Å². The quantitative estimate of drug-likeness (QED) is 0.103. The molecule has 4 rings (SSSR count). The summed E-state index contributed by atoms with van der Waals surface area (Å²) < 4.78 is 134. The minimum atomic E-state index is -2.26. The number of aliphatic imine (C=N–C) groups is 2. The van der Waals surface area contributed by atoms with Crippen LogP contribution in [0.4, 0.5) is 55.3 Å². The molecule has 53 heavy (non-hydrogen) atoms. The molecule has 0 aliphatic heterocycles. The molecule has 284 valence electrons. The van der Waals surface area contributed by atoms with Gasteiger partial charge in [0.1, 0.15) is 11.4 Å². The number of hydrogen-bond acceptors (Lipinski definition) is 4. The van der Waals surface area contributed by atoms with Gasteiger partial charge in [-0.1, -0.05) is 89.4 Å². The van der Waals surface area contributed by atoms with Crippen molar-refractivity contribution in [2.75, 3.05) is 0 Å². The van der Waals surface area contributed by atoms with Gasteiger partial charge < -0.3 is 35.0 Å². The van der Waals surface area contributed by atoms with E-state index in [9.17, 15) is 54.1 Å². The van der Waals surface area contributed by atoms with Gasteiger partial charge in [-0.15, -0.1) is 0 Å². The van der Waals surface area contributed by atoms with Crippen LogP contribution in [0.2, 0.25) is 0 Å². The monoisotopic (exact) mass is 830 g/mol. The fourth-order valence-corrected chi connectivity index (χ4v) is 4.66. The Kier molecular flexibility index (Phi) is 17.4. The van der Waals surface area contributed by atoms with E-state index in [-0.39, 0.29) is 69.1 Å². The molecule has 0 aliphatic carbocycles. The van der Waals surface area contributed by atoms with Gasteiger partial charge in [-0.05, 0) is 46.9 Å². The maximum Gasteiger partial charge on any atom is 4.00 e. The van der Waals surface area contributed by atoms with E-state index < -0.39 is 91.9 Å². The Hall–Kier alpha value is -3.59. The summed E-state index contributed by atoms with van der Waals surface area (Å²) in [5.41, 5.74) is -3.00. The molecule has 0 aliphatic rings. The van der Waals surface area contributed by atoms with Gasteiger partial charge >= 0.3 is 21.7 Å². The van der Waals surface area contributed by atoms with Crippen molar-refractivity contribution in [2.24, 2.45) is 9.98 Å². The molecule has 0 radical (unpaired) electrons. The summed E-state index contributed by atoms with van der Waals surface area (Å²) in [6, 6.07) is 9.10. The fraction of sp³-hybridized carbons (Fsp3) is 0.278. The minimum Gasteiger partial charge on any atom is -1.00 e. The maximum atomic E-state index is 13.7. The topological polar surface area (TPSA) is 70.8 Å². The van der Waals surface area contributed by atoms with Crippen LogP contribution in [0.15, 0.2) is 46.4 Å². The van der Waals surface area contributed by atoms with Crippen LogP contribution < -0.4 is 35.0 Å². The van der Waals surface area contributed by atoms with Crippen molar-refractivity contribution in [3.8, 4) is 11.5 Å². The number of benzene rings is 4. The van der Waals surface area contributed by atoms with Crippen LogP contribution >= 0.6 is 0 Å². The molecule has 0 saturated carbocycles. The van der Waals surface area contributed by atoms with Crippen molar-refractivity contribution in [2.45, 2.75) is 66.2 Å². The molecule has 4 aromatic carbocycles. The molecule has 0 heterocycles. The second-order valence-corrected chi connectivity index (χ2v) is 13.1. The Bertz CT molecular complexity index is 1840. The molecule has 0 aromatic heterocycles. The number of nitrogens with zero attached hydrogens (tertiary/aromatic N) is 2. The van der Waals surface area contributed by atoms with Crippen LogP contribution in [0.5, 0.6) is 11.5 Å². The van der Waals surface area contributed by atoms with E-state index >= 15 is 0 Å². The Labute approximate surface area is 326 Å². The average Bonchev–Trinajstić information content (AvgIpc) is 3.04. The summed E-state index contributed by atoms with van der Waals surface area (Å²) in [7, 11) is 0. The Morgan fingerprint density at radius 3 is 0.906 bits per heavy atom. The summed E-state index contributed by atoms with van der Waals surface area (Å²) >= 11 is 0. The molecule has 0 N–H and O–H groups in total. The molecule has 4 nitrogen and oxygen atoms in total. The Balaban J connectivity index is 0.000000966. The van der Waals surface area contributed by atoms with Gasteiger partial charge in [0.2, 0.25) is 11.6 Å². The first-order valence-corrected chi connectivity index (χ1v) is 14.7. The second-order valence-electron chi connectivity index (χ2n) is 13.1. The van der Waals surface area contributed by atoms with E-state index in [1.165, 1.54) is 26.0 Å². The van der Waals surface area contributed by atoms with Gasteiger partial charge in [0.15, 0.2) is 46.5 Å². The smallest absolute Gasteiger partial charge is 1.00 e. The number of para-hydroxylation sites is 2. The van der Waals surface area contributed by atoms with Crippen LogP contribution in [-0.2, 0) is 32.5 Å². The number of halogens is 12. The third kappa shape index (κ3) is 10.3. The first-order valence-electron chi connectivity index (χ1n) is 14.7. The van der Waals surface area contributed by atoms with Gasteiger partial charge in [0, 0.05) is 11.4 Å². The van der Waals surface area contributed by atoms with Crippen LogP contribution in [0.3, 0.4) is 0 Å². The standard InChI is InChI=1S/2C18H16F5NO.2ClH.Ti/c2*1-8(9-6-5-7-10(17(9)25)18(2,3)4)24-16-14(22)12(20)11(19)13(21)15(16)23;;;/h2*5-7,25H,1-4H3;2*1H;/q;;;;+4/p-4. The zero-order valence-electron chi connectivity index (χ0n) is 29.2. The third-order valence-electron chi connectivity index (χ3n) is 7.36. The van der Waals surface area contributed by atoms with Crippen LogP contribution in [0.1, 0.15) is 77.6 Å². The van der Waals surface area contributed by atoms with Crippen LogP contribution in [0, 0.1) is 58.2 Å². The number of hydrogen-bond donors (Lipinski definition) is 0. The number of rotatable bonds is 4. The van der Waals surface area contributed by atoms with E-state index in [0.29, 0.717) is 11.1 Å². The average molecular weight is 831 g/mol. The van der Waals surface area contributed by atoms with E-state index in [0.717, 1.165) is 0 Å². The second kappa shape index (κ2) is 18.6. The van der Waals surface area contributed by atoms with Crippen molar-refractivity contribution in [1.29, 1.82) is 0 Å².